The summed E-state index contributed by atoms with van der Waals surface area (Å²) < 4.78 is 32.6. The van der Waals surface area contributed by atoms with Crippen LogP contribution >= 0.6 is 0 Å². The standard InChI is InChI=1S/C27H29N5O3S/c1-2-29-36(33,34)24-11-9-21(10-12-24)25-8-4-6-22-18-28-27(31-26(22)25)30-23-7-3-5-20(17-23)19-32-13-15-35-16-14-32/h3-12,17-18,29H,2,13-16,19H2,1H3,(H,28,30,31). The van der Waals surface area contributed by atoms with E-state index in [4.69, 9.17) is 9.72 Å². The van der Waals surface area contributed by atoms with Crippen molar-refractivity contribution in [3.8, 4) is 11.1 Å². The molecule has 1 aliphatic heterocycles. The Kier molecular flexibility index (Phi) is 7.24. The van der Waals surface area contributed by atoms with E-state index >= 15 is 0 Å². The zero-order chi connectivity index (χ0) is 25.0. The highest BCUT2D eigenvalue weighted by Gasteiger charge is 2.14. The second-order valence-electron chi connectivity index (χ2n) is 8.68. The maximum atomic E-state index is 12.3. The Balaban J connectivity index is 1.40. The second-order valence-corrected chi connectivity index (χ2v) is 10.4. The Hall–Kier alpha value is -3.37. The number of anilines is 2. The van der Waals surface area contributed by atoms with Crippen molar-refractivity contribution in [2.45, 2.75) is 18.4 Å². The maximum Gasteiger partial charge on any atom is 0.240 e. The van der Waals surface area contributed by atoms with E-state index in [1.54, 1.807) is 25.3 Å². The molecule has 186 valence electrons. The van der Waals surface area contributed by atoms with Crippen molar-refractivity contribution < 1.29 is 13.2 Å². The van der Waals surface area contributed by atoms with E-state index in [1.165, 1.54) is 5.56 Å². The fourth-order valence-electron chi connectivity index (χ4n) is 4.33. The number of nitrogens with one attached hydrogen (secondary N) is 2. The number of ether oxygens (including phenoxy) is 1. The Labute approximate surface area is 211 Å². The predicted octanol–water partition coefficient (Wildman–Crippen LogP) is 4.17. The van der Waals surface area contributed by atoms with Crippen LogP contribution < -0.4 is 10.0 Å². The Bertz CT molecular complexity index is 1450. The van der Waals surface area contributed by atoms with E-state index in [-0.39, 0.29) is 4.90 Å². The molecular formula is C27H29N5O3S. The minimum atomic E-state index is -3.50. The average Bonchev–Trinajstić information content (AvgIpc) is 2.89. The van der Waals surface area contributed by atoms with Gasteiger partial charge >= 0.3 is 0 Å². The summed E-state index contributed by atoms with van der Waals surface area (Å²) in [6.45, 7) is 6.41. The van der Waals surface area contributed by atoms with E-state index in [1.807, 2.05) is 42.5 Å². The SMILES string of the molecule is CCNS(=O)(=O)c1ccc(-c2cccc3cnc(Nc4cccc(CN5CCOCC5)c4)nc23)cc1. The van der Waals surface area contributed by atoms with Crippen molar-refractivity contribution >= 4 is 32.6 Å². The largest absolute Gasteiger partial charge is 0.379 e. The zero-order valence-corrected chi connectivity index (χ0v) is 21.0. The molecule has 0 radical (unpaired) electrons. The van der Waals surface area contributed by atoms with Gasteiger partial charge in [-0.25, -0.2) is 23.1 Å². The van der Waals surface area contributed by atoms with Gasteiger partial charge in [0.2, 0.25) is 16.0 Å². The molecule has 0 amide bonds. The van der Waals surface area contributed by atoms with Crippen LogP contribution in [-0.4, -0.2) is 56.1 Å². The van der Waals surface area contributed by atoms with Gasteiger partial charge in [0.25, 0.3) is 0 Å². The van der Waals surface area contributed by atoms with Gasteiger partial charge in [0.05, 0.1) is 23.6 Å². The van der Waals surface area contributed by atoms with Crippen LogP contribution in [0.15, 0.2) is 77.8 Å². The van der Waals surface area contributed by atoms with E-state index in [0.717, 1.165) is 60.6 Å². The number of benzene rings is 3. The topological polar surface area (TPSA) is 96.5 Å². The van der Waals surface area contributed by atoms with E-state index < -0.39 is 10.0 Å². The summed E-state index contributed by atoms with van der Waals surface area (Å²) in [5, 5.41) is 4.25. The van der Waals surface area contributed by atoms with Crippen LogP contribution in [0.25, 0.3) is 22.0 Å². The summed E-state index contributed by atoms with van der Waals surface area (Å²) in [6, 6.07) is 21.0. The number of para-hydroxylation sites is 1. The van der Waals surface area contributed by atoms with Crippen molar-refractivity contribution in [3.05, 3.63) is 78.5 Å². The van der Waals surface area contributed by atoms with Gasteiger partial charge in [-0.2, -0.15) is 0 Å². The molecule has 1 saturated heterocycles. The lowest BCUT2D eigenvalue weighted by atomic mass is 10.0. The molecule has 2 N–H and O–H groups in total. The third-order valence-corrected chi connectivity index (χ3v) is 7.68. The molecule has 0 saturated carbocycles. The first-order chi connectivity index (χ1) is 17.5. The monoisotopic (exact) mass is 503 g/mol. The number of hydrogen-bond donors (Lipinski definition) is 2. The lowest BCUT2D eigenvalue weighted by Crippen LogP contribution is -2.35. The summed E-state index contributed by atoms with van der Waals surface area (Å²) >= 11 is 0. The molecule has 9 heteroatoms. The molecule has 0 spiro atoms. The van der Waals surface area contributed by atoms with Gasteiger partial charge in [0.15, 0.2) is 0 Å². The van der Waals surface area contributed by atoms with Crippen molar-refractivity contribution in [1.29, 1.82) is 0 Å². The number of rotatable bonds is 8. The quantitative estimate of drug-likeness (QED) is 0.373. The van der Waals surface area contributed by atoms with Crippen molar-refractivity contribution in [1.82, 2.24) is 19.6 Å². The van der Waals surface area contributed by atoms with Gasteiger partial charge in [-0.3, -0.25) is 4.90 Å². The Morgan fingerprint density at radius 1 is 1.00 bits per heavy atom. The predicted molar refractivity (Wildman–Crippen MR) is 142 cm³/mol. The molecule has 8 nitrogen and oxygen atoms in total. The molecule has 0 unspecified atom stereocenters. The van der Waals surface area contributed by atoms with Crippen LogP contribution in [0.5, 0.6) is 0 Å². The van der Waals surface area contributed by atoms with E-state index in [0.29, 0.717) is 12.5 Å². The number of aromatic nitrogens is 2. The van der Waals surface area contributed by atoms with Crippen LogP contribution in [0.3, 0.4) is 0 Å². The summed E-state index contributed by atoms with van der Waals surface area (Å²) in [5.41, 5.74) is 4.73. The molecular weight excluding hydrogens is 474 g/mol. The third kappa shape index (κ3) is 5.55. The first kappa shape index (κ1) is 24.3. The first-order valence-electron chi connectivity index (χ1n) is 12.0. The first-order valence-corrected chi connectivity index (χ1v) is 13.5. The lowest BCUT2D eigenvalue weighted by molar-refractivity contribution is 0.0342. The second kappa shape index (κ2) is 10.7. The zero-order valence-electron chi connectivity index (χ0n) is 20.1. The van der Waals surface area contributed by atoms with Crippen LogP contribution in [-0.2, 0) is 21.3 Å². The molecule has 2 heterocycles. The van der Waals surface area contributed by atoms with Gasteiger partial charge in [-0.15, -0.1) is 0 Å². The van der Waals surface area contributed by atoms with E-state index in [9.17, 15) is 8.42 Å². The molecule has 0 atom stereocenters. The Morgan fingerprint density at radius 2 is 1.78 bits per heavy atom. The molecule has 1 aliphatic rings. The van der Waals surface area contributed by atoms with Gasteiger partial charge in [-0.1, -0.05) is 49.4 Å². The Morgan fingerprint density at radius 3 is 2.56 bits per heavy atom. The van der Waals surface area contributed by atoms with Crippen LogP contribution in [0, 0.1) is 0 Å². The number of nitrogens with zero attached hydrogens (tertiary/aromatic N) is 3. The highest BCUT2D eigenvalue weighted by Crippen LogP contribution is 2.29. The molecule has 0 aliphatic carbocycles. The number of fused-ring (bicyclic) bond motifs is 1. The van der Waals surface area contributed by atoms with Crippen molar-refractivity contribution in [2.75, 3.05) is 38.2 Å². The minimum absolute atomic E-state index is 0.238. The summed E-state index contributed by atoms with van der Waals surface area (Å²) in [6.07, 6.45) is 1.80. The fraction of sp³-hybridized carbons (Fsp3) is 0.259. The van der Waals surface area contributed by atoms with Crippen LogP contribution in [0.2, 0.25) is 0 Å². The van der Waals surface area contributed by atoms with Gasteiger partial charge in [-0.05, 0) is 35.4 Å². The lowest BCUT2D eigenvalue weighted by Gasteiger charge is -2.26. The third-order valence-electron chi connectivity index (χ3n) is 6.11. The highest BCUT2D eigenvalue weighted by molar-refractivity contribution is 7.89. The maximum absolute atomic E-state index is 12.3. The molecule has 1 fully saturated rings. The highest BCUT2D eigenvalue weighted by atomic mass is 32.2. The summed E-state index contributed by atoms with van der Waals surface area (Å²) in [5.74, 6) is 0.504. The van der Waals surface area contributed by atoms with Crippen LogP contribution in [0.1, 0.15) is 12.5 Å². The molecule has 0 bridgehead atoms. The number of hydrogen-bond acceptors (Lipinski definition) is 7. The van der Waals surface area contributed by atoms with Gasteiger partial charge in [0.1, 0.15) is 0 Å². The molecule has 1 aromatic heterocycles. The minimum Gasteiger partial charge on any atom is -0.379 e. The average molecular weight is 504 g/mol. The normalized spacial score (nSPS) is 14.7. The van der Waals surface area contributed by atoms with Gasteiger partial charge < -0.3 is 10.1 Å². The molecule has 3 aromatic carbocycles. The molecule has 5 rings (SSSR count). The number of sulfonamides is 1. The van der Waals surface area contributed by atoms with Crippen molar-refractivity contribution in [3.63, 3.8) is 0 Å². The molecule has 36 heavy (non-hydrogen) atoms. The summed E-state index contributed by atoms with van der Waals surface area (Å²) in [7, 11) is -3.50. The van der Waals surface area contributed by atoms with Crippen LogP contribution in [0.4, 0.5) is 11.6 Å². The summed E-state index contributed by atoms with van der Waals surface area (Å²) in [4.78, 5) is 11.9. The smallest absolute Gasteiger partial charge is 0.240 e. The van der Waals surface area contributed by atoms with Crippen molar-refractivity contribution in [2.24, 2.45) is 0 Å². The van der Waals surface area contributed by atoms with Gasteiger partial charge in [0, 0.05) is 49.0 Å². The fourth-order valence-corrected chi connectivity index (χ4v) is 5.37. The number of morpholine rings is 1. The molecule has 4 aromatic rings. The van der Waals surface area contributed by atoms with E-state index in [2.05, 4.69) is 32.1 Å².